The molecule has 0 aliphatic heterocycles. The standard InChI is InChI=1S/C16H14Cl2N4O4S/c1-9-7-19-15(16(20-9)25-8-11-6-10(2)26-21-11)22-27(23,24)13-5-3-4-12(17)14(13)18/h3-7H,8H2,1-2H3,(H,19,22). The van der Waals surface area contributed by atoms with Crippen molar-refractivity contribution in [1.82, 2.24) is 15.1 Å². The Morgan fingerprint density at radius 2 is 2.04 bits per heavy atom. The van der Waals surface area contributed by atoms with Crippen LogP contribution < -0.4 is 9.46 Å². The minimum atomic E-state index is -4.06. The summed E-state index contributed by atoms with van der Waals surface area (Å²) in [5.74, 6) is 0.537. The van der Waals surface area contributed by atoms with Crippen molar-refractivity contribution in [2.75, 3.05) is 4.72 Å². The maximum Gasteiger partial charge on any atom is 0.264 e. The fourth-order valence-electron chi connectivity index (χ4n) is 2.13. The SMILES string of the molecule is Cc1cnc(NS(=O)(=O)c2cccc(Cl)c2Cl)c(OCc2cc(C)on2)n1. The number of sulfonamides is 1. The molecule has 0 fully saturated rings. The van der Waals surface area contributed by atoms with Crippen molar-refractivity contribution in [2.45, 2.75) is 25.3 Å². The first-order chi connectivity index (χ1) is 12.8. The number of benzene rings is 1. The Bertz CT molecular complexity index is 1090. The van der Waals surface area contributed by atoms with Crippen LogP contribution in [0, 0.1) is 13.8 Å². The lowest BCUT2D eigenvalue weighted by atomic mass is 10.4. The quantitative estimate of drug-likeness (QED) is 0.636. The van der Waals surface area contributed by atoms with E-state index in [0.29, 0.717) is 17.1 Å². The Kier molecular flexibility index (Phi) is 5.54. The van der Waals surface area contributed by atoms with E-state index in [1.807, 2.05) is 0 Å². The Hall–Kier alpha value is -2.36. The van der Waals surface area contributed by atoms with Gasteiger partial charge in [-0.05, 0) is 26.0 Å². The van der Waals surface area contributed by atoms with Crippen molar-refractivity contribution in [2.24, 2.45) is 0 Å². The van der Waals surface area contributed by atoms with Gasteiger partial charge in [0.25, 0.3) is 15.9 Å². The molecule has 3 aromatic rings. The van der Waals surface area contributed by atoms with Gasteiger partial charge in [0.05, 0.1) is 21.9 Å². The van der Waals surface area contributed by atoms with E-state index in [1.165, 1.54) is 24.4 Å². The van der Waals surface area contributed by atoms with Gasteiger partial charge in [-0.1, -0.05) is 34.4 Å². The zero-order valence-corrected chi connectivity index (χ0v) is 16.6. The second kappa shape index (κ2) is 7.71. The Morgan fingerprint density at radius 3 is 2.74 bits per heavy atom. The maximum atomic E-state index is 12.7. The van der Waals surface area contributed by atoms with E-state index in [2.05, 4.69) is 19.8 Å². The summed E-state index contributed by atoms with van der Waals surface area (Å²) >= 11 is 11.9. The molecule has 1 aromatic carbocycles. The first-order valence-corrected chi connectivity index (χ1v) is 9.85. The van der Waals surface area contributed by atoms with E-state index in [9.17, 15) is 8.42 Å². The number of ether oxygens (including phenoxy) is 1. The highest BCUT2D eigenvalue weighted by Gasteiger charge is 2.23. The molecule has 142 valence electrons. The van der Waals surface area contributed by atoms with Crippen LogP contribution in [0.1, 0.15) is 17.1 Å². The molecule has 0 unspecified atom stereocenters. The van der Waals surface area contributed by atoms with E-state index < -0.39 is 10.0 Å². The smallest absolute Gasteiger partial charge is 0.264 e. The lowest BCUT2D eigenvalue weighted by molar-refractivity contribution is 0.278. The lowest BCUT2D eigenvalue weighted by Crippen LogP contribution is -2.16. The van der Waals surface area contributed by atoms with E-state index in [-0.39, 0.29) is 33.2 Å². The normalized spacial score (nSPS) is 11.4. The van der Waals surface area contributed by atoms with Crippen LogP contribution in [-0.4, -0.2) is 23.5 Å². The second-order valence-electron chi connectivity index (χ2n) is 5.54. The molecule has 0 radical (unpaired) electrons. The van der Waals surface area contributed by atoms with E-state index >= 15 is 0 Å². The van der Waals surface area contributed by atoms with Crippen LogP contribution in [0.25, 0.3) is 0 Å². The first-order valence-electron chi connectivity index (χ1n) is 7.62. The molecule has 0 atom stereocenters. The largest absolute Gasteiger partial charge is 0.468 e. The Morgan fingerprint density at radius 1 is 1.26 bits per heavy atom. The van der Waals surface area contributed by atoms with E-state index in [1.54, 1.807) is 19.9 Å². The zero-order chi connectivity index (χ0) is 19.6. The third kappa shape index (κ3) is 4.49. The van der Waals surface area contributed by atoms with Crippen molar-refractivity contribution in [3.8, 4) is 5.88 Å². The molecule has 0 amide bonds. The van der Waals surface area contributed by atoms with Crippen molar-refractivity contribution in [3.05, 3.63) is 57.7 Å². The summed E-state index contributed by atoms with van der Waals surface area (Å²) < 4.78 is 38.2. The monoisotopic (exact) mass is 428 g/mol. The van der Waals surface area contributed by atoms with Crippen LogP contribution >= 0.6 is 23.2 Å². The number of hydrogen-bond acceptors (Lipinski definition) is 7. The van der Waals surface area contributed by atoms with Crippen LogP contribution in [0.5, 0.6) is 5.88 Å². The fourth-order valence-corrected chi connectivity index (χ4v) is 3.90. The number of aromatic nitrogens is 3. The minimum absolute atomic E-state index is 0.00243. The van der Waals surface area contributed by atoms with E-state index in [4.69, 9.17) is 32.5 Å². The lowest BCUT2D eigenvalue weighted by Gasteiger charge is -2.13. The molecule has 0 saturated carbocycles. The Labute approximate surface area is 165 Å². The van der Waals surface area contributed by atoms with Crippen LogP contribution in [0.4, 0.5) is 5.82 Å². The molecule has 8 nitrogen and oxygen atoms in total. The number of hydrogen-bond donors (Lipinski definition) is 1. The maximum absolute atomic E-state index is 12.7. The molecule has 27 heavy (non-hydrogen) atoms. The van der Waals surface area contributed by atoms with Crippen molar-refractivity contribution >= 4 is 39.0 Å². The fraction of sp³-hybridized carbons (Fsp3) is 0.188. The van der Waals surface area contributed by atoms with Gasteiger partial charge in [0.1, 0.15) is 23.0 Å². The summed E-state index contributed by atoms with van der Waals surface area (Å²) in [6.45, 7) is 3.48. The van der Waals surface area contributed by atoms with Crippen molar-refractivity contribution in [3.63, 3.8) is 0 Å². The molecule has 0 spiro atoms. The van der Waals surface area contributed by atoms with Crippen molar-refractivity contribution in [1.29, 1.82) is 0 Å². The number of halogens is 2. The molecule has 0 aliphatic carbocycles. The Balaban J connectivity index is 1.89. The number of nitrogens with zero attached hydrogens (tertiary/aromatic N) is 3. The number of aryl methyl sites for hydroxylation is 2. The number of rotatable bonds is 6. The number of nitrogens with one attached hydrogen (secondary N) is 1. The molecular weight excluding hydrogens is 415 g/mol. The van der Waals surface area contributed by atoms with Gasteiger partial charge in [-0.2, -0.15) is 0 Å². The summed E-state index contributed by atoms with van der Waals surface area (Å²) in [4.78, 5) is 8.06. The van der Waals surface area contributed by atoms with Crippen LogP contribution in [0.15, 0.2) is 39.9 Å². The summed E-state index contributed by atoms with van der Waals surface area (Å²) in [6, 6.07) is 5.99. The molecule has 0 bridgehead atoms. The van der Waals surface area contributed by atoms with Gasteiger partial charge in [0.2, 0.25) is 5.82 Å². The predicted octanol–water partition coefficient (Wildman–Crippen LogP) is 3.77. The molecule has 11 heteroatoms. The summed E-state index contributed by atoms with van der Waals surface area (Å²) in [5.41, 5.74) is 1.08. The molecule has 2 heterocycles. The van der Waals surface area contributed by atoms with Crippen LogP contribution in [-0.2, 0) is 16.6 Å². The predicted molar refractivity (Wildman–Crippen MR) is 99.6 cm³/mol. The minimum Gasteiger partial charge on any atom is -0.468 e. The van der Waals surface area contributed by atoms with E-state index in [0.717, 1.165) is 0 Å². The number of anilines is 1. The van der Waals surface area contributed by atoms with Crippen LogP contribution in [0.2, 0.25) is 10.0 Å². The third-order valence-corrected chi connectivity index (χ3v) is 5.64. The van der Waals surface area contributed by atoms with Gasteiger partial charge in [0.15, 0.2) is 0 Å². The molecular formula is C16H14Cl2N4O4S. The third-order valence-electron chi connectivity index (χ3n) is 3.33. The molecule has 0 aliphatic rings. The first kappa shape index (κ1) is 19.4. The molecule has 0 saturated heterocycles. The summed E-state index contributed by atoms with van der Waals surface area (Å²) in [6.07, 6.45) is 1.41. The average molecular weight is 429 g/mol. The average Bonchev–Trinajstić information content (AvgIpc) is 3.02. The van der Waals surface area contributed by atoms with Crippen molar-refractivity contribution < 1.29 is 17.7 Å². The van der Waals surface area contributed by atoms with Gasteiger partial charge in [-0.3, -0.25) is 4.72 Å². The highest BCUT2D eigenvalue weighted by molar-refractivity contribution is 7.92. The summed E-state index contributed by atoms with van der Waals surface area (Å²) in [5, 5.41) is 3.83. The highest BCUT2D eigenvalue weighted by Crippen LogP contribution is 2.31. The zero-order valence-electron chi connectivity index (χ0n) is 14.2. The van der Waals surface area contributed by atoms with Crippen LogP contribution in [0.3, 0.4) is 0 Å². The van der Waals surface area contributed by atoms with Gasteiger partial charge in [-0.25, -0.2) is 18.4 Å². The van der Waals surface area contributed by atoms with Gasteiger partial charge in [-0.15, -0.1) is 0 Å². The second-order valence-corrected chi connectivity index (χ2v) is 7.98. The molecule has 2 aromatic heterocycles. The van der Waals surface area contributed by atoms with Gasteiger partial charge in [0, 0.05) is 6.07 Å². The summed E-state index contributed by atoms with van der Waals surface area (Å²) in [7, 11) is -4.06. The molecule has 3 rings (SSSR count). The topological polar surface area (TPSA) is 107 Å². The van der Waals surface area contributed by atoms with Gasteiger partial charge < -0.3 is 9.26 Å². The highest BCUT2D eigenvalue weighted by atomic mass is 35.5. The van der Waals surface area contributed by atoms with Gasteiger partial charge >= 0.3 is 0 Å². The molecule has 1 N–H and O–H groups in total.